The van der Waals surface area contributed by atoms with Crippen LogP contribution in [0.3, 0.4) is 0 Å². The van der Waals surface area contributed by atoms with Gasteiger partial charge >= 0.3 is 0 Å². The van der Waals surface area contributed by atoms with Crippen LogP contribution in [0.5, 0.6) is 5.75 Å². The topological polar surface area (TPSA) is 47.6 Å². The number of aryl methyl sites for hydroxylation is 1. The summed E-state index contributed by atoms with van der Waals surface area (Å²) in [5, 5.41) is 3.34. The predicted octanol–water partition coefficient (Wildman–Crippen LogP) is 11.5. The minimum Gasteiger partial charge on any atom is -0.543 e. The molecule has 1 N–H and O–H groups in total. The highest BCUT2D eigenvalue weighted by Gasteiger charge is 2.43. The van der Waals surface area contributed by atoms with E-state index in [0.29, 0.717) is 0 Å². The van der Waals surface area contributed by atoms with Crippen molar-refractivity contribution in [2.75, 3.05) is 0 Å². The maximum Gasteiger partial charge on any atom is 0.250 e. The average molecular weight is 696 g/mol. The van der Waals surface area contributed by atoms with Gasteiger partial charge in [-0.3, -0.25) is 4.79 Å². The summed E-state index contributed by atoms with van der Waals surface area (Å²) >= 11 is 0. The van der Waals surface area contributed by atoms with Crippen molar-refractivity contribution < 1.29 is 18.0 Å². The van der Waals surface area contributed by atoms with E-state index in [4.69, 9.17) is 8.85 Å². The van der Waals surface area contributed by atoms with Crippen LogP contribution in [0.25, 0.3) is 11.1 Å². The largest absolute Gasteiger partial charge is 0.543 e. The first-order valence-corrected chi connectivity index (χ1v) is 23.4. The Bertz CT molecular complexity index is 1750. The van der Waals surface area contributed by atoms with Crippen molar-refractivity contribution in [3.05, 3.63) is 125 Å². The molecule has 5 rings (SSSR count). The normalized spacial score (nSPS) is 17.7. The number of hydrogen-bond donors (Lipinski definition) is 1. The van der Waals surface area contributed by atoms with E-state index in [-0.39, 0.29) is 39.9 Å². The highest BCUT2D eigenvalue weighted by Crippen LogP contribution is 2.44. The van der Waals surface area contributed by atoms with Gasteiger partial charge in [-0.15, -0.1) is 0 Å². The standard InChI is InChI=1S/C42H54FNO3Si2/c1-41(2,3)48(7,8)46-35-16-13-15-33(28-35)29-18-20-32(21-19-29)39-38(40(45)44-39)36-17-12-11-14-30(36)24-27-37(31-22-25-34(43)26-23-31)47-49(9,10)42(4,5)6/h11-23,25-26,28,37-39H,24,27H2,1-10H3,(H,44,45)/t37-,38+,39+/m0/s1. The van der Waals surface area contributed by atoms with E-state index in [1.165, 1.54) is 12.1 Å². The Morgan fingerprint density at radius 1 is 0.755 bits per heavy atom. The summed E-state index contributed by atoms with van der Waals surface area (Å²) in [5.41, 5.74) is 6.50. The van der Waals surface area contributed by atoms with Gasteiger partial charge in [0.15, 0.2) is 8.32 Å². The number of rotatable bonds is 11. The lowest BCUT2D eigenvalue weighted by Gasteiger charge is -2.40. The third-order valence-corrected chi connectivity index (χ3v) is 19.9. The van der Waals surface area contributed by atoms with E-state index in [9.17, 15) is 9.18 Å². The number of carbonyl (C=O) groups is 1. The summed E-state index contributed by atoms with van der Waals surface area (Å²) in [6.45, 7) is 22.5. The molecule has 0 saturated carbocycles. The summed E-state index contributed by atoms with van der Waals surface area (Å²) in [5.74, 6) is 0.436. The van der Waals surface area contributed by atoms with E-state index in [0.717, 1.165) is 52.0 Å². The van der Waals surface area contributed by atoms with Crippen LogP contribution in [0.2, 0.25) is 36.3 Å². The Hall–Kier alpha value is -3.53. The molecular weight excluding hydrogens is 642 g/mol. The summed E-state index contributed by atoms with van der Waals surface area (Å²) in [7, 11) is -4.07. The molecule has 0 unspecified atom stereocenters. The Balaban J connectivity index is 1.35. The van der Waals surface area contributed by atoms with Crippen LogP contribution in [-0.4, -0.2) is 22.5 Å². The number of carbonyl (C=O) groups excluding carboxylic acids is 1. The van der Waals surface area contributed by atoms with Crippen LogP contribution < -0.4 is 9.74 Å². The maximum absolute atomic E-state index is 13.9. The molecule has 1 aliphatic rings. The summed E-state index contributed by atoms with van der Waals surface area (Å²) in [4.78, 5) is 13.2. The minimum absolute atomic E-state index is 0.0390. The minimum atomic E-state index is -2.11. The summed E-state index contributed by atoms with van der Waals surface area (Å²) in [6.07, 6.45) is 1.32. The predicted molar refractivity (Wildman–Crippen MR) is 206 cm³/mol. The van der Waals surface area contributed by atoms with Crippen molar-refractivity contribution in [1.82, 2.24) is 5.32 Å². The number of nitrogens with one attached hydrogen (secondary N) is 1. The lowest BCUT2D eigenvalue weighted by atomic mass is 9.77. The molecule has 7 heteroatoms. The van der Waals surface area contributed by atoms with Crippen LogP contribution in [0.1, 0.15) is 88.3 Å². The third kappa shape index (κ3) is 8.27. The molecule has 4 aromatic carbocycles. The number of β-lactam (4-membered cyclic amide) rings is 1. The van der Waals surface area contributed by atoms with Gasteiger partial charge in [0.05, 0.1) is 18.1 Å². The maximum atomic E-state index is 13.9. The Labute approximate surface area is 295 Å². The van der Waals surface area contributed by atoms with E-state index in [1.807, 2.05) is 30.3 Å². The van der Waals surface area contributed by atoms with Gasteiger partial charge in [0.1, 0.15) is 11.6 Å². The van der Waals surface area contributed by atoms with E-state index in [1.54, 1.807) is 0 Å². The van der Waals surface area contributed by atoms with Gasteiger partial charge in [0.2, 0.25) is 14.2 Å². The van der Waals surface area contributed by atoms with Gasteiger partial charge in [0.25, 0.3) is 0 Å². The smallest absolute Gasteiger partial charge is 0.250 e. The molecule has 1 heterocycles. The molecular formula is C42H54FNO3Si2. The second kappa shape index (κ2) is 14.0. The van der Waals surface area contributed by atoms with Crippen molar-refractivity contribution in [2.45, 2.75) is 109 Å². The number of hydrogen-bond acceptors (Lipinski definition) is 3. The first kappa shape index (κ1) is 36.7. The Morgan fingerprint density at radius 3 is 2.00 bits per heavy atom. The quantitative estimate of drug-likeness (QED) is 0.125. The monoisotopic (exact) mass is 695 g/mol. The second-order valence-electron chi connectivity index (χ2n) is 16.6. The van der Waals surface area contributed by atoms with E-state index in [2.05, 4.69) is 128 Å². The molecule has 0 bridgehead atoms. The molecule has 0 radical (unpaired) electrons. The van der Waals surface area contributed by atoms with Gasteiger partial charge in [0, 0.05) is 0 Å². The van der Waals surface area contributed by atoms with Crippen LogP contribution in [-0.2, 0) is 15.6 Å². The SMILES string of the molecule is CC(C)(C)[Si](C)(C)Oc1cccc(-c2ccc([C@H]3NC(=O)[C@@H]3c3ccccc3CC[C@H](O[Si](C)(C)C(C)(C)C)c3ccc(F)cc3)cc2)c1. The van der Waals surface area contributed by atoms with Gasteiger partial charge in [-0.05, 0) is 107 Å². The first-order valence-electron chi connectivity index (χ1n) is 17.6. The van der Waals surface area contributed by atoms with Crippen molar-refractivity contribution in [3.63, 3.8) is 0 Å². The highest BCUT2D eigenvalue weighted by molar-refractivity contribution is 6.75. The molecule has 1 aliphatic heterocycles. The van der Waals surface area contributed by atoms with Crippen molar-refractivity contribution >= 4 is 22.5 Å². The van der Waals surface area contributed by atoms with Crippen molar-refractivity contribution in [3.8, 4) is 16.9 Å². The molecule has 1 fully saturated rings. The summed E-state index contributed by atoms with van der Waals surface area (Å²) < 4.78 is 27.4. The van der Waals surface area contributed by atoms with Gasteiger partial charge in [-0.2, -0.15) is 0 Å². The highest BCUT2D eigenvalue weighted by atomic mass is 28.4. The molecule has 4 aromatic rings. The molecule has 49 heavy (non-hydrogen) atoms. The van der Waals surface area contributed by atoms with Gasteiger partial charge < -0.3 is 14.2 Å². The molecule has 0 aliphatic carbocycles. The van der Waals surface area contributed by atoms with E-state index < -0.39 is 16.6 Å². The zero-order valence-corrected chi connectivity index (χ0v) is 33.0. The fourth-order valence-electron chi connectivity index (χ4n) is 5.90. The third-order valence-electron chi connectivity index (χ3n) is 11.1. The molecule has 1 amide bonds. The zero-order chi connectivity index (χ0) is 35.8. The molecule has 0 aromatic heterocycles. The fourth-order valence-corrected chi connectivity index (χ4v) is 8.24. The average Bonchev–Trinajstić information content (AvgIpc) is 3.02. The summed E-state index contributed by atoms with van der Waals surface area (Å²) in [6, 6.07) is 31.8. The van der Waals surface area contributed by atoms with E-state index >= 15 is 0 Å². The number of benzene rings is 4. The Morgan fingerprint density at radius 2 is 1.39 bits per heavy atom. The molecule has 260 valence electrons. The van der Waals surface area contributed by atoms with Gasteiger partial charge in [-0.25, -0.2) is 4.39 Å². The molecule has 0 spiro atoms. The molecule has 3 atom stereocenters. The van der Waals surface area contributed by atoms with Crippen LogP contribution in [0.15, 0.2) is 97.1 Å². The van der Waals surface area contributed by atoms with Crippen molar-refractivity contribution in [1.29, 1.82) is 0 Å². The fraction of sp³-hybridized carbons (Fsp3) is 0.405. The number of halogens is 1. The lowest BCUT2D eigenvalue weighted by molar-refractivity contribution is -0.131. The van der Waals surface area contributed by atoms with Crippen LogP contribution in [0.4, 0.5) is 4.39 Å². The van der Waals surface area contributed by atoms with Gasteiger partial charge in [-0.1, -0.05) is 114 Å². The number of amides is 1. The molecule has 1 saturated heterocycles. The van der Waals surface area contributed by atoms with Crippen molar-refractivity contribution in [2.24, 2.45) is 0 Å². The molecule has 4 nitrogen and oxygen atoms in total. The van der Waals surface area contributed by atoms with Crippen LogP contribution in [0, 0.1) is 5.82 Å². The zero-order valence-electron chi connectivity index (χ0n) is 31.0. The second-order valence-corrected chi connectivity index (χ2v) is 26.1. The first-order chi connectivity index (χ1) is 22.9. The lowest BCUT2D eigenvalue weighted by Crippen LogP contribution is -2.50. The Kier molecular flexibility index (Phi) is 10.5. The van der Waals surface area contributed by atoms with Crippen LogP contribution >= 0.6 is 0 Å².